The van der Waals surface area contributed by atoms with Gasteiger partial charge in [-0.3, -0.25) is 14.9 Å². The lowest BCUT2D eigenvalue weighted by Gasteiger charge is -2.11. The van der Waals surface area contributed by atoms with Gasteiger partial charge in [0, 0.05) is 11.1 Å². The number of rotatable bonds is 5. The van der Waals surface area contributed by atoms with Gasteiger partial charge < -0.3 is 10.4 Å². The molecule has 0 aliphatic heterocycles. The fraction of sp³-hybridized carbons (Fsp3) is 0.227. The van der Waals surface area contributed by atoms with E-state index in [1.165, 1.54) is 24.6 Å². The van der Waals surface area contributed by atoms with Gasteiger partial charge in [-0.2, -0.15) is 0 Å². The van der Waals surface area contributed by atoms with Crippen LogP contribution in [0, 0.1) is 13.8 Å². The summed E-state index contributed by atoms with van der Waals surface area (Å²) >= 11 is 1.10. The lowest BCUT2D eigenvalue weighted by molar-refractivity contribution is 0.102. The summed E-state index contributed by atoms with van der Waals surface area (Å²) in [7, 11) is 0. The van der Waals surface area contributed by atoms with Crippen LogP contribution in [0.1, 0.15) is 55.5 Å². The summed E-state index contributed by atoms with van der Waals surface area (Å²) in [6.45, 7) is 3.60. The van der Waals surface area contributed by atoms with Gasteiger partial charge in [-0.05, 0) is 61.9 Å². The minimum Gasteiger partial charge on any atom is -0.508 e. The molecule has 148 valence electrons. The SMILES string of the molecule is Cc1ccc(O)c(C)c1NC(=O)c1cnc(NC(=O)c2ccc(C3CC3)cc2)s1. The first-order valence-electron chi connectivity index (χ1n) is 9.40. The molecular weight excluding hydrogens is 386 g/mol. The molecule has 0 spiro atoms. The van der Waals surface area contributed by atoms with Crippen LogP contribution < -0.4 is 10.6 Å². The minimum atomic E-state index is -0.339. The molecule has 1 aliphatic carbocycles. The summed E-state index contributed by atoms with van der Waals surface area (Å²) in [4.78, 5) is 29.5. The summed E-state index contributed by atoms with van der Waals surface area (Å²) < 4.78 is 0. The Morgan fingerprint density at radius 1 is 1.03 bits per heavy atom. The lowest BCUT2D eigenvalue weighted by Crippen LogP contribution is -2.12. The van der Waals surface area contributed by atoms with E-state index in [2.05, 4.69) is 15.6 Å². The fourth-order valence-electron chi connectivity index (χ4n) is 3.13. The van der Waals surface area contributed by atoms with E-state index in [1.54, 1.807) is 19.1 Å². The van der Waals surface area contributed by atoms with E-state index in [4.69, 9.17) is 0 Å². The largest absolute Gasteiger partial charge is 0.508 e. The van der Waals surface area contributed by atoms with E-state index in [-0.39, 0.29) is 17.6 Å². The van der Waals surface area contributed by atoms with Crippen LogP contribution in [-0.4, -0.2) is 21.9 Å². The number of nitrogens with one attached hydrogen (secondary N) is 2. The van der Waals surface area contributed by atoms with E-state index in [1.807, 2.05) is 31.2 Å². The molecule has 1 saturated carbocycles. The average Bonchev–Trinajstić information content (AvgIpc) is 3.47. The van der Waals surface area contributed by atoms with Gasteiger partial charge in [-0.25, -0.2) is 4.98 Å². The first-order chi connectivity index (χ1) is 13.9. The van der Waals surface area contributed by atoms with Crippen molar-refractivity contribution in [1.82, 2.24) is 4.98 Å². The summed E-state index contributed by atoms with van der Waals surface area (Å²) in [5, 5.41) is 15.8. The number of amides is 2. The minimum absolute atomic E-state index is 0.121. The monoisotopic (exact) mass is 407 g/mol. The zero-order chi connectivity index (χ0) is 20.5. The van der Waals surface area contributed by atoms with Crippen LogP contribution in [0.2, 0.25) is 0 Å². The van der Waals surface area contributed by atoms with Crippen molar-refractivity contribution in [2.75, 3.05) is 10.6 Å². The number of thiazole rings is 1. The molecule has 1 heterocycles. The van der Waals surface area contributed by atoms with E-state index in [0.717, 1.165) is 16.9 Å². The zero-order valence-corrected chi connectivity index (χ0v) is 17.0. The van der Waals surface area contributed by atoms with E-state index < -0.39 is 0 Å². The fourth-order valence-corrected chi connectivity index (χ4v) is 3.84. The molecular formula is C22H21N3O3S. The summed E-state index contributed by atoms with van der Waals surface area (Å²) in [5.41, 5.74) is 3.85. The number of phenols is 1. The molecule has 1 fully saturated rings. The van der Waals surface area contributed by atoms with Crippen LogP contribution in [0.3, 0.4) is 0 Å². The van der Waals surface area contributed by atoms with Crippen LogP contribution in [0.5, 0.6) is 5.75 Å². The van der Waals surface area contributed by atoms with Crippen molar-refractivity contribution in [1.29, 1.82) is 0 Å². The molecule has 3 N–H and O–H groups in total. The number of hydrogen-bond donors (Lipinski definition) is 3. The molecule has 2 aromatic carbocycles. The third kappa shape index (κ3) is 4.14. The number of aromatic hydroxyl groups is 1. The topological polar surface area (TPSA) is 91.3 Å². The maximum Gasteiger partial charge on any atom is 0.267 e. The normalized spacial score (nSPS) is 13.2. The van der Waals surface area contributed by atoms with Crippen LogP contribution in [0.25, 0.3) is 0 Å². The molecule has 0 saturated heterocycles. The Hall–Kier alpha value is -3.19. The van der Waals surface area contributed by atoms with Crippen molar-refractivity contribution in [3.63, 3.8) is 0 Å². The van der Waals surface area contributed by atoms with E-state index in [0.29, 0.717) is 32.7 Å². The Bertz CT molecular complexity index is 1090. The molecule has 0 unspecified atom stereocenters. The first kappa shape index (κ1) is 19.1. The molecule has 0 radical (unpaired) electrons. The molecule has 3 aromatic rings. The van der Waals surface area contributed by atoms with Crippen LogP contribution in [0.4, 0.5) is 10.8 Å². The molecule has 4 rings (SSSR count). The van der Waals surface area contributed by atoms with Gasteiger partial charge in [0.1, 0.15) is 10.6 Å². The Labute approximate surface area is 172 Å². The molecule has 7 heteroatoms. The Morgan fingerprint density at radius 3 is 2.45 bits per heavy atom. The van der Waals surface area contributed by atoms with Gasteiger partial charge in [0.15, 0.2) is 5.13 Å². The van der Waals surface area contributed by atoms with Crippen molar-refractivity contribution in [3.05, 3.63) is 69.7 Å². The number of benzene rings is 2. The van der Waals surface area contributed by atoms with Crippen LogP contribution in [-0.2, 0) is 0 Å². The lowest BCUT2D eigenvalue weighted by atomic mass is 10.1. The second kappa shape index (κ2) is 7.67. The van der Waals surface area contributed by atoms with Gasteiger partial charge in [-0.15, -0.1) is 0 Å². The average molecular weight is 407 g/mol. The molecule has 1 aliphatic rings. The Morgan fingerprint density at radius 2 is 1.76 bits per heavy atom. The van der Waals surface area contributed by atoms with Gasteiger partial charge in [0.05, 0.1) is 11.9 Å². The van der Waals surface area contributed by atoms with E-state index in [9.17, 15) is 14.7 Å². The standard InChI is InChI=1S/C22H21N3O3S/c1-12-3-10-17(26)13(2)19(12)24-21(28)18-11-23-22(29-18)25-20(27)16-8-6-15(7-9-16)14-4-5-14/h3,6-11,14,26H,4-5H2,1-2H3,(H,24,28)(H,23,25,27). The summed E-state index contributed by atoms with van der Waals surface area (Å²) in [6, 6.07) is 11.0. The second-order valence-electron chi connectivity index (χ2n) is 7.24. The van der Waals surface area contributed by atoms with Crippen molar-refractivity contribution >= 4 is 34.0 Å². The maximum absolute atomic E-state index is 12.6. The number of carbonyl (C=O) groups is 2. The molecule has 2 amide bonds. The maximum atomic E-state index is 12.6. The van der Waals surface area contributed by atoms with Crippen molar-refractivity contribution in [2.24, 2.45) is 0 Å². The van der Waals surface area contributed by atoms with Crippen molar-refractivity contribution in [3.8, 4) is 5.75 Å². The highest BCUT2D eigenvalue weighted by Crippen LogP contribution is 2.39. The van der Waals surface area contributed by atoms with Crippen LogP contribution >= 0.6 is 11.3 Å². The highest BCUT2D eigenvalue weighted by molar-refractivity contribution is 7.17. The first-order valence-corrected chi connectivity index (χ1v) is 10.2. The quantitative estimate of drug-likeness (QED) is 0.564. The van der Waals surface area contributed by atoms with Crippen LogP contribution in [0.15, 0.2) is 42.6 Å². The number of aryl methyl sites for hydroxylation is 1. The predicted molar refractivity (Wildman–Crippen MR) is 114 cm³/mol. The van der Waals surface area contributed by atoms with Gasteiger partial charge >= 0.3 is 0 Å². The third-order valence-corrected chi connectivity index (χ3v) is 5.97. The number of hydrogen-bond acceptors (Lipinski definition) is 5. The highest BCUT2D eigenvalue weighted by atomic mass is 32.1. The second-order valence-corrected chi connectivity index (χ2v) is 8.27. The number of aromatic nitrogens is 1. The van der Waals surface area contributed by atoms with Crippen molar-refractivity contribution < 1.29 is 14.7 Å². The van der Waals surface area contributed by atoms with E-state index >= 15 is 0 Å². The smallest absolute Gasteiger partial charge is 0.267 e. The molecule has 0 atom stereocenters. The van der Waals surface area contributed by atoms with Gasteiger partial charge in [-0.1, -0.05) is 29.5 Å². The number of carbonyl (C=O) groups excluding carboxylic acids is 2. The predicted octanol–water partition coefficient (Wildman–Crippen LogP) is 4.85. The molecule has 6 nitrogen and oxygen atoms in total. The number of nitrogens with zero attached hydrogens (tertiary/aromatic N) is 1. The third-order valence-electron chi connectivity index (χ3n) is 5.05. The summed E-state index contributed by atoms with van der Waals surface area (Å²) in [6.07, 6.45) is 3.87. The Kier molecular flexibility index (Phi) is 5.07. The summed E-state index contributed by atoms with van der Waals surface area (Å²) in [5.74, 6) is 0.170. The highest BCUT2D eigenvalue weighted by Gasteiger charge is 2.23. The number of anilines is 2. The molecule has 1 aromatic heterocycles. The Balaban J connectivity index is 1.43. The zero-order valence-electron chi connectivity index (χ0n) is 16.2. The molecule has 0 bridgehead atoms. The van der Waals surface area contributed by atoms with Gasteiger partial charge in [0.2, 0.25) is 0 Å². The van der Waals surface area contributed by atoms with Crippen molar-refractivity contribution in [2.45, 2.75) is 32.6 Å². The number of phenolic OH excluding ortho intramolecular Hbond substituents is 1. The molecule has 29 heavy (non-hydrogen) atoms. The van der Waals surface area contributed by atoms with Gasteiger partial charge in [0.25, 0.3) is 11.8 Å².